The van der Waals surface area contributed by atoms with Crippen molar-refractivity contribution < 1.29 is 13.3 Å². The molecule has 1 N–H and O–H groups in total. The zero-order valence-corrected chi connectivity index (χ0v) is 13.6. The molecule has 0 atom stereocenters. The Bertz CT molecular complexity index is 818. The largest absolute Gasteiger partial charge is 0.300 e. The van der Waals surface area contributed by atoms with Gasteiger partial charge in [-0.25, -0.2) is 8.42 Å². The molecule has 0 amide bonds. The number of benzene rings is 1. The van der Waals surface area contributed by atoms with Gasteiger partial charge in [0.05, 0.1) is 10.6 Å². The first kappa shape index (κ1) is 16.0. The summed E-state index contributed by atoms with van der Waals surface area (Å²) >= 11 is 12.2. The molecule has 21 heavy (non-hydrogen) atoms. The van der Waals surface area contributed by atoms with Crippen LogP contribution < -0.4 is 4.72 Å². The highest BCUT2D eigenvalue weighted by Gasteiger charge is 2.25. The van der Waals surface area contributed by atoms with Crippen LogP contribution in [0.4, 0.5) is 11.4 Å². The van der Waals surface area contributed by atoms with Crippen molar-refractivity contribution in [1.82, 2.24) is 0 Å². The molecule has 0 aliphatic carbocycles. The Morgan fingerprint density at radius 3 is 2.57 bits per heavy atom. The van der Waals surface area contributed by atoms with Crippen LogP contribution in [0.25, 0.3) is 0 Å². The topological polar surface area (TPSA) is 89.3 Å². The summed E-state index contributed by atoms with van der Waals surface area (Å²) in [6.07, 6.45) is 0. The molecule has 0 spiro atoms. The smallest absolute Gasteiger partial charge is 0.279 e. The van der Waals surface area contributed by atoms with Gasteiger partial charge in [0.2, 0.25) is 0 Å². The predicted octanol–water partition coefficient (Wildman–Crippen LogP) is 4.07. The maximum Gasteiger partial charge on any atom is 0.300 e. The Balaban J connectivity index is 2.41. The Labute approximate surface area is 134 Å². The van der Waals surface area contributed by atoms with E-state index >= 15 is 0 Å². The van der Waals surface area contributed by atoms with Crippen LogP contribution >= 0.6 is 34.5 Å². The number of sulfonamides is 1. The highest BCUT2D eigenvalue weighted by atomic mass is 35.5. The molecule has 0 fully saturated rings. The van der Waals surface area contributed by atoms with E-state index in [1.165, 1.54) is 0 Å². The maximum atomic E-state index is 12.2. The molecule has 0 aliphatic rings. The fourth-order valence-electron chi connectivity index (χ4n) is 1.51. The number of nitro groups is 1. The van der Waals surface area contributed by atoms with E-state index in [0.29, 0.717) is 27.6 Å². The molecule has 0 radical (unpaired) electrons. The average Bonchev–Trinajstić information content (AvgIpc) is 2.78. The van der Waals surface area contributed by atoms with Crippen molar-refractivity contribution in [2.75, 3.05) is 4.72 Å². The number of nitrogens with one attached hydrogen (secondary N) is 1. The number of hydrogen-bond acceptors (Lipinski definition) is 5. The Morgan fingerprint density at radius 2 is 2.00 bits per heavy atom. The van der Waals surface area contributed by atoms with Crippen LogP contribution in [0, 0.1) is 17.0 Å². The van der Waals surface area contributed by atoms with Crippen LogP contribution in [-0.2, 0) is 10.0 Å². The van der Waals surface area contributed by atoms with Crippen molar-refractivity contribution in [2.45, 2.75) is 11.1 Å². The van der Waals surface area contributed by atoms with Gasteiger partial charge in [0.1, 0.15) is 4.21 Å². The molecule has 0 bridgehead atoms. The van der Waals surface area contributed by atoms with Gasteiger partial charge >= 0.3 is 0 Å². The first-order valence-corrected chi connectivity index (χ1v) is 8.49. The molecular weight excluding hydrogens is 359 g/mol. The second-order valence-corrected chi connectivity index (χ2v) is 7.97. The van der Waals surface area contributed by atoms with Gasteiger partial charge in [-0.1, -0.05) is 29.3 Å². The first-order chi connectivity index (χ1) is 9.72. The molecule has 6 nitrogen and oxygen atoms in total. The van der Waals surface area contributed by atoms with Gasteiger partial charge in [-0.05, 0) is 24.6 Å². The third-order valence-electron chi connectivity index (χ3n) is 2.62. The maximum absolute atomic E-state index is 12.2. The minimum absolute atomic E-state index is 0.191. The molecule has 1 aromatic heterocycles. The second-order valence-electron chi connectivity index (χ2n) is 4.00. The summed E-state index contributed by atoms with van der Waals surface area (Å²) in [6, 6.07) is 5.69. The number of rotatable bonds is 4. The lowest BCUT2D eigenvalue weighted by Crippen LogP contribution is -2.12. The zero-order valence-electron chi connectivity index (χ0n) is 10.5. The van der Waals surface area contributed by atoms with Gasteiger partial charge in [0.25, 0.3) is 15.7 Å². The Morgan fingerprint density at radius 1 is 1.33 bits per heavy atom. The summed E-state index contributed by atoms with van der Waals surface area (Å²) in [5.41, 5.74) is 0.416. The van der Waals surface area contributed by atoms with E-state index in [1.807, 2.05) is 0 Å². The number of thiophene rings is 1. The van der Waals surface area contributed by atoms with E-state index in [0.717, 1.165) is 6.07 Å². The number of anilines is 1. The molecule has 0 saturated heterocycles. The van der Waals surface area contributed by atoms with Crippen molar-refractivity contribution in [3.63, 3.8) is 0 Å². The normalized spacial score (nSPS) is 11.4. The van der Waals surface area contributed by atoms with Gasteiger partial charge in [-0.15, -0.1) is 11.3 Å². The second kappa shape index (κ2) is 5.80. The van der Waals surface area contributed by atoms with E-state index in [4.69, 9.17) is 23.2 Å². The molecule has 0 saturated carbocycles. The molecule has 2 rings (SSSR count). The van der Waals surface area contributed by atoms with Crippen LogP contribution in [0.5, 0.6) is 0 Å². The summed E-state index contributed by atoms with van der Waals surface area (Å²) in [5.74, 6) is 0. The number of nitrogens with zero attached hydrogens (tertiary/aromatic N) is 1. The van der Waals surface area contributed by atoms with Crippen LogP contribution in [0.3, 0.4) is 0 Å². The lowest BCUT2D eigenvalue weighted by molar-refractivity contribution is -0.384. The van der Waals surface area contributed by atoms with Crippen LogP contribution in [-0.4, -0.2) is 13.3 Å². The van der Waals surface area contributed by atoms with E-state index in [2.05, 4.69) is 4.72 Å². The number of hydrogen-bond donors (Lipinski definition) is 1. The first-order valence-electron chi connectivity index (χ1n) is 5.44. The molecule has 112 valence electrons. The molecule has 1 heterocycles. The quantitative estimate of drug-likeness (QED) is 0.652. The Hall–Kier alpha value is -1.35. The summed E-state index contributed by atoms with van der Waals surface area (Å²) in [4.78, 5) is 9.98. The zero-order chi connectivity index (χ0) is 15.8. The van der Waals surface area contributed by atoms with Crippen molar-refractivity contribution in [2.24, 2.45) is 0 Å². The highest BCUT2D eigenvalue weighted by molar-refractivity contribution is 7.94. The molecular formula is C11H8Cl2N2O4S2. The molecule has 2 aromatic rings. The lowest BCUT2D eigenvalue weighted by atomic mass is 10.2. The minimum atomic E-state index is -3.97. The van der Waals surface area contributed by atoms with Gasteiger partial charge in [0.15, 0.2) is 4.34 Å². The van der Waals surface area contributed by atoms with Gasteiger partial charge in [-0.2, -0.15) is 0 Å². The van der Waals surface area contributed by atoms with Gasteiger partial charge in [-0.3, -0.25) is 14.8 Å². The lowest BCUT2D eigenvalue weighted by Gasteiger charge is -2.09. The molecule has 0 unspecified atom stereocenters. The van der Waals surface area contributed by atoms with Crippen LogP contribution in [0.15, 0.2) is 28.5 Å². The van der Waals surface area contributed by atoms with Crippen LogP contribution in [0.2, 0.25) is 9.36 Å². The minimum Gasteiger partial charge on any atom is -0.279 e. The summed E-state index contributed by atoms with van der Waals surface area (Å²) in [5, 5.41) is 11.1. The standard InChI is InChI=1S/C11H8Cl2N2O4S2/c1-6-7(12)3-2-4-8(6)14-21(18,19)10-5-9(15(16)17)11(13)20-10/h2-5,14H,1H3. The summed E-state index contributed by atoms with van der Waals surface area (Å²) in [6.45, 7) is 1.66. The highest BCUT2D eigenvalue weighted by Crippen LogP contribution is 2.37. The molecule has 10 heteroatoms. The molecule has 0 aliphatic heterocycles. The van der Waals surface area contributed by atoms with Crippen molar-refractivity contribution in [1.29, 1.82) is 0 Å². The van der Waals surface area contributed by atoms with E-state index in [1.54, 1.807) is 25.1 Å². The Kier molecular flexibility index (Phi) is 4.43. The third-order valence-corrected chi connectivity index (χ3v) is 6.21. The monoisotopic (exact) mass is 366 g/mol. The van der Waals surface area contributed by atoms with E-state index in [9.17, 15) is 18.5 Å². The van der Waals surface area contributed by atoms with Gasteiger partial charge in [0, 0.05) is 11.1 Å². The SMILES string of the molecule is Cc1c(Cl)cccc1NS(=O)(=O)c1cc([N+](=O)[O-])c(Cl)s1. The summed E-state index contributed by atoms with van der Waals surface area (Å²) in [7, 11) is -3.97. The predicted molar refractivity (Wildman–Crippen MR) is 83.0 cm³/mol. The third kappa shape index (κ3) is 3.29. The van der Waals surface area contributed by atoms with E-state index < -0.39 is 20.6 Å². The molecule has 1 aromatic carbocycles. The van der Waals surface area contributed by atoms with Crippen LogP contribution in [0.1, 0.15) is 5.56 Å². The van der Waals surface area contributed by atoms with Gasteiger partial charge < -0.3 is 0 Å². The van der Waals surface area contributed by atoms with Crippen molar-refractivity contribution in [3.05, 3.63) is 49.3 Å². The summed E-state index contributed by atoms with van der Waals surface area (Å²) < 4.78 is 26.4. The fourth-order valence-corrected chi connectivity index (χ4v) is 4.47. The number of halogens is 2. The van der Waals surface area contributed by atoms with Crippen molar-refractivity contribution >= 4 is 55.9 Å². The average molecular weight is 367 g/mol. The van der Waals surface area contributed by atoms with Crippen molar-refractivity contribution in [3.8, 4) is 0 Å². The fraction of sp³-hybridized carbons (Fsp3) is 0.0909. The van der Waals surface area contributed by atoms with E-state index in [-0.39, 0.29) is 8.55 Å².